The summed E-state index contributed by atoms with van der Waals surface area (Å²) in [6, 6.07) is 3.93. The largest absolute Gasteiger partial charge is 0.298 e. The summed E-state index contributed by atoms with van der Waals surface area (Å²) in [5.41, 5.74) is 0. The highest BCUT2D eigenvalue weighted by atomic mass is 32.2. The molecule has 2 rings (SSSR count). The van der Waals surface area contributed by atoms with Crippen molar-refractivity contribution in [1.82, 2.24) is 4.98 Å². The molecular formula is C11H13NOS. The second-order valence-electron chi connectivity index (χ2n) is 3.50. The Balaban J connectivity index is 2.00. The third-order valence-corrected chi connectivity index (χ3v) is 3.75. The zero-order chi connectivity index (χ0) is 9.80. The van der Waals surface area contributed by atoms with Gasteiger partial charge in [0.15, 0.2) is 0 Å². The molecule has 0 amide bonds. The number of thioether (sulfide) groups is 1. The molecule has 1 aromatic heterocycles. The van der Waals surface area contributed by atoms with Crippen molar-refractivity contribution < 1.29 is 4.79 Å². The Morgan fingerprint density at radius 2 is 2.07 bits per heavy atom. The Morgan fingerprint density at radius 3 is 2.79 bits per heavy atom. The van der Waals surface area contributed by atoms with Crippen LogP contribution in [0.5, 0.6) is 0 Å². The molecule has 1 fully saturated rings. The van der Waals surface area contributed by atoms with Crippen molar-refractivity contribution in [3.05, 3.63) is 24.5 Å². The topological polar surface area (TPSA) is 30.0 Å². The summed E-state index contributed by atoms with van der Waals surface area (Å²) in [6.45, 7) is 0. The summed E-state index contributed by atoms with van der Waals surface area (Å²) in [5.74, 6) is 0.415. The average Bonchev–Trinajstić information content (AvgIpc) is 2.23. The van der Waals surface area contributed by atoms with E-state index in [4.69, 9.17) is 0 Å². The van der Waals surface area contributed by atoms with Crippen LogP contribution in [0.2, 0.25) is 0 Å². The van der Waals surface area contributed by atoms with Gasteiger partial charge in [-0.05, 0) is 25.0 Å². The lowest BCUT2D eigenvalue weighted by molar-refractivity contribution is -0.119. The minimum absolute atomic E-state index is 0.186. The molecule has 0 radical (unpaired) electrons. The highest BCUT2D eigenvalue weighted by Crippen LogP contribution is 2.30. The third-order valence-electron chi connectivity index (χ3n) is 2.43. The predicted molar refractivity (Wildman–Crippen MR) is 57.4 cm³/mol. The number of nitrogens with zero attached hydrogens (tertiary/aromatic N) is 1. The summed E-state index contributed by atoms with van der Waals surface area (Å²) < 4.78 is 0. The van der Waals surface area contributed by atoms with Crippen molar-refractivity contribution in [1.29, 1.82) is 0 Å². The number of carbonyl (C=O) groups excluding carboxylic acids is 1. The van der Waals surface area contributed by atoms with Crippen molar-refractivity contribution in [2.45, 2.75) is 35.8 Å². The summed E-state index contributed by atoms with van der Waals surface area (Å²) in [4.78, 5) is 16.7. The molecule has 3 heteroatoms. The summed E-state index contributed by atoms with van der Waals surface area (Å²) in [7, 11) is 0. The Morgan fingerprint density at radius 1 is 1.29 bits per heavy atom. The number of carbonyl (C=O) groups is 1. The van der Waals surface area contributed by atoms with Crippen LogP contribution >= 0.6 is 11.8 Å². The van der Waals surface area contributed by atoms with Crippen LogP contribution in [0, 0.1) is 0 Å². The van der Waals surface area contributed by atoms with Crippen LogP contribution in [0.3, 0.4) is 0 Å². The van der Waals surface area contributed by atoms with E-state index in [-0.39, 0.29) is 5.25 Å². The third kappa shape index (κ3) is 2.35. The van der Waals surface area contributed by atoms with Crippen molar-refractivity contribution in [3.63, 3.8) is 0 Å². The van der Waals surface area contributed by atoms with Gasteiger partial charge in [0, 0.05) is 23.7 Å². The van der Waals surface area contributed by atoms with Gasteiger partial charge in [-0.15, -0.1) is 11.8 Å². The van der Waals surface area contributed by atoms with Crippen molar-refractivity contribution >= 4 is 17.5 Å². The Hall–Kier alpha value is -0.830. The van der Waals surface area contributed by atoms with Gasteiger partial charge < -0.3 is 0 Å². The molecule has 0 N–H and O–H groups in total. The minimum Gasteiger partial charge on any atom is -0.298 e. The fraction of sp³-hybridized carbons (Fsp3) is 0.455. The molecule has 1 aliphatic carbocycles. The van der Waals surface area contributed by atoms with Crippen molar-refractivity contribution in [2.24, 2.45) is 0 Å². The second kappa shape index (κ2) is 4.60. The lowest BCUT2D eigenvalue weighted by Crippen LogP contribution is -2.21. The standard InChI is InChI=1S/C11H13NOS/c13-10-3-1-2-4-11(10)14-9-5-7-12-8-6-9/h5-8,11H,1-4H2. The van der Waals surface area contributed by atoms with Crippen LogP contribution in [0.1, 0.15) is 25.7 Å². The molecule has 0 spiro atoms. The summed E-state index contributed by atoms with van der Waals surface area (Å²) >= 11 is 1.68. The smallest absolute Gasteiger partial charge is 0.146 e. The number of aromatic nitrogens is 1. The molecule has 1 aromatic rings. The fourth-order valence-electron chi connectivity index (χ4n) is 1.66. The molecule has 1 aliphatic rings. The highest BCUT2D eigenvalue weighted by molar-refractivity contribution is 8.00. The lowest BCUT2D eigenvalue weighted by atomic mass is 9.99. The van der Waals surface area contributed by atoms with Gasteiger partial charge in [-0.3, -0.25) is 9.78 Å². The summed E-state index contributed by atoms with van der Waals surface area (Å²) in [5, 5.41) is 0.186. The first-order valence-electron chi connectivity index (χ1n) is 4.95. The number of hydrogen-bond donors (Lipinski definition) is 0. The molecule has 2 nitrogen and oxygen atoms in total. The van der Waals surface area contributed by atoms with Gasteiger partial charge >= 0.3 is 0 Å². The van der Waals surface area contributed by atoms with E-state index in [1.54, 1.807) is 24.2 Å². The molecule has 0 bridgehead atoms. The Labute approximate surface area is 88.1 Å². The molecule has 0 saturated heterocycles. The minimum atomic E-state index is 0.186. The van der Waals surface area contributed by atoms with Gasteiger partial charge in [-0.2, -0.15) is 0 Å². The van der Waals surface area contributed by atoms with E-state index in [2.05, 4.69) is 4.98 Å². The zero-order valence-electron chi connectivity index (χ0n) is 7.98. The molecular weight excluding hydrogens is 194 g/mol. The normalized spacial score (nSPS) is 22.3. The number of hydrogen-bond acceptors (Lipinski definition) is 3. The van der Waals surface area contributed by atoms with Crippen LogP contribution in [-0.2, 0) is 4.79 Å². The van der Waals surface area contributed by atoms with Crippen LogP contribution in [0.25, 0.3) is 0 Å². The second-order valence-corrected chi connectivity index (χ2v) is 4.78. The predicted octanol–water partition coefficient (Wildman–Crippen LogP) is 2.69. The average molecular weight is 207 g/mol. The molecule has 1 saturated carbocycles. The number of pyridine rings is 1. The van der Waals surface area contributed by atoms with Gasteiger partial charge in [0.05, 0.1) is 5.25 Å². The Bertz CT molecular complexity index is 312. The van der Waals surface area contributed by atoms with E-state index in [0.29, 0.717) is 5.78 Å². The molecule has 0 aromatic carbocycles. The molecule has 0 aliphatic heterocycles. The molecule has 74 valence electrons. The van der Waals surface area contributed by atoms with Gasteiger partial charge in [0.1, 0.15) is 5.78 Å². The zero-order valence-corrected chi connectivity index (χ0v) is 8.80. The van der Waals surface area contributed by atoms with Crippen LogP contribution in [0.4, 0.5) is 0 Å². The highest BCUT2D eigenvalue weighted by Gasteiger charge is 2.22. The first kappa shape index (κ1) is 9.71. The maximum atomic E-state index is 11.6. The molecule has 1 heterocycles. The SMILES string of the molecule is O=C1CCCCC1Sc1ccncc1. The van der Waals surface area contributed by atoms with Gasteiger partial charge in [0.2, 0.25) is 0 Å². The van der Waals surface area contributed by atoms with Crippen molar-refractivity contribution in [3.8, 4) is 0 Å². The van der Waals surface area contributed by atoms with E-state index in [9.17, 15) is 4.79 Å². The van der Waals surface area contributed by atoms with Gasteiger partial charge in [0.25, 0.3) is 0 Å². The Kier molecular flexibility index (Phi) is 3.19. The maximum absolute atomic E-state index is 11.6. The molecule has 14 heavy (non-hydrogen) atoms. The van der Waals surface area contributed by atoms with Crippen LogP contribution in [0.15, 0.2) is 29.4 Å². The quantitative estimate of drug-likeness (QED) is 0.746. The van der Waals surface area contributed by atoms with E-state index >= 15 is 0 Å². The van der Waals surface area contributed by atoms with E-state index < -0.39 is 0 Å². The van der Waals surface area contributed by atoms with Gasteiger partial charge in [-0.25, -0.2) is 0 Å². The first-order chi connectivity index (χ1) is 6.86. The summed E-state index contributed by atoms with van der Waals surface area (Å²) in [6.07, 6.45) is 7.61. The van der Waals surface area contributed by atoms with Gasteiger partial charge in [-0.1, -0.05) is 6.42 Å². The lowest BCUT2D eigenvalue weighted by Gasteiger charge is -2.19. The number of rotatable bonds is 2. The molecule has 1 atom stereocenters. The molecule has 1 unspecified atom stereocenters. The van der Waals surface area contributed by atoms with E-state index in [1.807, 2.05) is 12.1 Å². The number of ketones is 1. The van der Waals surface area contributed by atoms with E-state index in [0.717, 1.165) is 24.2 Å². The maximum Gasteiger partial charge on any atom is 0.146 e. The monoisotopic (exact) mass is 207 g/mol. The fourth-order valence-corrected chi connectivity index (χ4v) is 2.80. The number of Topliss-reactive ketones (excluding diaryl/α,β-unsaturated/α-hetero) is 1. The van der Waals surface area contributed by atoms with E-state index in [1.165, 1.54) is 6.42 Å². The van der Waals surface area contributed by atoms with Crippen LogP contribution < -0.4 is 0 Å². The first-order valence-corrected chi connectivity index (χ1v) is 5.83. The van der Waals surface area contributed by atoms with Crippen molar-refractivity contribution in [2.75, 3.05) is 0 Å². The van der Waals surface area contributed by atoms with Crippen LogP contribution in [-0.4, -0.2) is 16.0 Å².